The van der Waals surface area contributed by atoms with Crippen LogP contribution in [0.1, 0.15) is 21.7 Å². The van der Waals surface area contributed by atoms with Crippen molar-refractivity contribution in [3.8, 4) is 0 Å². The van der Waals surface area contributed by atoms with Gasteiger partial charge in [0, 0.05) is 18.5 Å². The second-order valence-corrected chi connectivity index (χ2v) is 6.50. The maximum Gasteiger partial charge on any atom is 0.324 e. The number of carbonyl (C=O) groups is 3. The van der Waals surface area contributed by atoms with Gasteiger partial charge >= 0.3 is 6.03 Å². The molecule has 0 spiro atoms. The molecule has 3 N–H and O–H groups in total. The van der Waals surface area contributed by atoms with Crippen LogP contribution in [0.5, 0.6) is 0 Å². The first-order chi connectivity index (χ1) is 13.6. The SMILES string of the molecule is O=C(NCCc1nc2ccccc2[nH]1)c1ccccc1CN1C(=O)CNC1=O. The molecule has 142 valence electrons. The summed E-state index contributed by atoms with van der Waals surface area (Å²) in [5.41, 5.74) is 2.92. The summed E-state index contributed by atoms with van der Waals surface area (Å²) < 4.78 is 0. The van der Waals surface area contributed by atoms with Crippen LogP contribution in [-0.2, 0) is 17.8 Å². The molecule has 2 aromatic carbocycles. The third kappa shape index (κ3) is 3.57. The van der Waals surface area contributed by atoms with Gasteiger partial charge in [-0.3, -0.25) is 14.5 Å². The quantitative estimate of drug-likeness (QED) is 0.567. The second-order valence-electron chi connectivity index (χ2n) is 6.50. The van der Waals surface area contributed by atoms with E-state index < -0.39 is 6.03 Å². The Bertz CT molecular complexity index is 1010. The van der Waals surface area contributed by atoms with E-state index >= 15 is 0 Å². The molecular formula is C20H19N5O3. The summed E-state index contributed by atoms with van der Waals surface area (Å²) in [5.74, 6) is 0.248. The molecule has 0 unspecified atom stereocenters. The van der Waals surface area contributed by atoms with Crippen LogP contribution in [0.2, 0.25) is 0 Å². The summed E-state index contributed by atoms with van der Waals surface area (Å²) in [4.78, 5) is 45.0. The van der Waals surface area contributed by atoms with E-state index in [4.69, 9.17) is 0 Å². The number of hydrogen-bond acceptors (Lipinski definition) is 4. The Hall–Kier alpha value is -3.68. The molecule has 28 heavy (non-hydrogen) atoms. The van der Waals surface area contributed by atoms with Gasteiger partial charge in [-0.2, -0.15) is 0 Å². The van der Waals surface area contributed by atoms with Crippen LogP contribution in [0.3, 0.4) is 0 Å². The Kier molecular flexibility index (Phi) is 4.76. The molecule has 0 bridgehead atoms. The van der Waals surface area contributed by atoms with Gasteiger partial charge in [0.1, 0.15) is 5.82 Å². The molecule has 1 aliphatic rings. The van der Waals surface area contributed by atoms with E-state index in [2.05, 4.69) is 20.6 Å². The van der Waals surface area contributed by atoms with Crippen molar-refractivity contribution in [3.05, 3.63) is 65.5 Å². The fourth-order valence-corrected chi connectivity index (χ4v) is 3.18. The molecule has 2 heterocycles. The van der Waals surface area contributed by atoms with Gasteiger partial charge in [-0.25, -0.2) is 9.78 Å². The van der Waals surface area contributed by atoms with Gasteiger partial charge in [-0.15, -0.1) is 0 Å². The molecule has 4 amide bonds. The summed E-state index contributed by atoms with van der Waals surface area (Å²) in [5, 5.41) is 5.35. The molecule has 0 radical (unpaired) electrons. The third-order valence-corrected chi connectivity index (χ3v) is 4.61. The van der Waals surface area contributed by atoms with Crippen LogP contribution in [0.4, 0.5) is 4.79 Å². The Morgan fingerprint density at radius 2 is 1.89 bits per heavy atom. The van der Waals surface area contributed by atoms with Gasteiger partial charge in [0.2, 0.25) is 5.91 Å². The molecule has 0 atom stereocenters. The van der Waals surface area contributed by atoms with Crippen LogP contribution < -0.4 is 10.6 Å². The first-order valence-electron chi connectivity index (χ1n) is 9.00. The minimum absolute atomic E-state index is 0.00923. The topological polar surface area (TPSA) is 107 Å². The fraction of sp³-hybridized carbons (Fsp3) is 0.200. The van der Waals surface area contributed by atoms with Crippen molar-refractivity contribution >= 4 is 28.9 Å². The third-order valence-electron chi connectivity index (χ3n) is 4.61. The highest BCUT2D eigenvalue weighted by molar-refractivity contribution is 6.02. The maximum absolute atomic E-state index is 12.6. The van der Waals surface area contributed by atoms with Crippen molar-refractivity contribution in [2.45, 2.75) is 13.0 Å². The van der Waals surface area contributed by atoms with Crippen molar-refractivity contribution in [2.24, 2.45) is 0 Å². The number of H-pyrrole nitrogens is 1. The lowest BCUT2D eigenvalue weighted by molar-refractivity contribution is -0.125. The smallest absolute Gasteiger partial charge is 0.324 e. The van der Waals surface area contributed by atoms with Gasteiger partial charge in [0.05, 0.1) is 24.1 Å². The number of urea groups is 1. The molecule has 3 aromatic rings. The molecule has 1 aromatic heterocycles. The monoisotopic (exact) mass is 377 g/mol. The number of benzene rings is 2. The molecule has 1 saturated heterocycles. The summed E-state index contributed by atoms with van der Waals surface area (Å²) in [6, 6.07) is 14.3. The lowest BCUT2D eigenvalue weighted by Crippen LogP contribution is -2.32. The zero-order valence-electron chi connectivity index (χ0n) is 15.1. The lowest BCUT2D eigenvalue weighted by Gasteiger charge is -2.15. The van der Waals surface area contributed by atoms with Gasteiger partial charge in [-0.1, -0.05) is 30.3 Å². The molecule has 8 heteroatoms. The number of rotatable bonds is 6. The maximum atomic E-state index is 12.6. The highest BCUT2D eigenvalue weighted by atomic mass is 16.2. The molecular weight excluding hydrogens is 358 g/mol. The van der Waals surface area contributed by atoms with Crippen LogP contribution >= 0.6 is 0 Å². The van der Waals surface area contributed by atoms with E-state index in [1.54, 1.807) is 24.3 Å². The zero-order chi connectivity index (χ0) is 19.5. The van der Waals surface area contributed by atoms with E-state index in [0.717, 1.165) is 21.8 Å². The average molecular weight is 377 g/mol. The standard InChI is InChI=1S/C20H19N5O3/c26-18-11-22-20(28)25(18)12-13-5-1-2-6-14(13)19(27)21-10-9-17-23-15-7-3-4-8-16(15)24-17/h1-8H,9-12H2,(H,21,27)(H,22,28)(H,23,24). The minimum Gasteiger partial charge on any atom is -0.352 e. The summed E-state index contributed by atoms with van der Waals surface area (Å²) in [6.45, 7) is 0.471. The predicted octanol–water partition coefficient (Wildman–Crippen LogP) is 1.59. The number of imidazole rings is 1. The molecule has 1 aliphatic heterocycles. The van der Waals surface area contributed by atoms with Gasteiger partial charge in [0.15, 0.2) is 0 Å². The molecule has 8 nitrogen and oxygen atoms in total. The summed E-state index contributed by atoms with van der Waals surface area (Å²) >= 11 is 0. The number of para-hydroxylation sites is 2. The van der Waals surface area contributed by atoms with Crippen LogP contribution in [0.15, 0.2) is 48.5 Å². The van der Waals surface area contributed by atoms with Crippen LogP contribution in [0, 0.1) is 0 Å². The van der Waals surface area contributed by atoms with Crippen molar-refractivity contribution < 1.29 is 14.4 Å². The first-order valence-corrected chi connectivity index (χ1v) is 9.00. The van der Waals surface area contributed by atoms with E-state index in [1.165, 1.54) is 0 Å². The highest BCUT2D eigenvalue weighted by Crippen LogP contribution is 2.14. The zero-order valence-corrected chi connectivity index (χ0v) is 15.1. The Morgan fingerprint density at radius 3 is 2.68 bits per heavy atom. The van der Waals surface area contributed by atoms with Crippen LogP contribution in [0.25, 0.3) is 11.0 Å². The van der Waals surface area contributed by atoms with Gasteiger partial charge < -0.3 is 15.6 Å². The number of nitrogens with zero attached hydrogens (tertiary/aromatic N) is 2. The Labute approximate surface area is 160 Å². The van der Waals surface area contributed by atoms with E-state index in [0.29, 0.717) is 24.1 Å². The number of amides is 4. The van der Waals surface area contributed by atoms with Crippen molar-refractivity contribution in [1.82, 2.24) is 25.5 Å². The Balaban J connectivity index is 1.40. The number of nitrogens with one attached hydrogen (secondary N) is 3. The van der Waals surface area contributed by atoms with E-state index in [1.807, 2.05) is 24.3 Å². The summed E-state index contributed by atoms with van der Waals surface area (Å²) in [6.07, 6.45) is 0.565. The largest absolute Gasteiger partial charge is 0.352 e. The Morgan fingerprint density at radius 1 is 1.11 bits per heavy atom. The number of hydrogen-bond donors (Lipinski definition) is 3. The first kappa shape index (κ1) is 17.7. The highest BCUT2D eigenvalue weighted by Gasteiger charge is 2.29. The number of fused-ring (bicyclic) bond motifs is 1. The van der Waals surface area contributed by atoms with Crippen molar-refractivity contribution in [1.29, 1.82) is 0 Å². The number of imide groups is 1. The normalized spacial score (nSPS) is 13.8. The van der Waals surface area contributed by atoms with Gasteiger partial charge in [-0.05, 0) is 23.8 Å². The van der Waals surface area contributed by atoms with Gasteiger partial charge in [0.25, 0.3) is 5.91 Å². The van der Waals surface area contributed by atoms with Crippen molar-refractivity contribution in [3.63, 3.8) is 0 Å². The molecule has 1 fully saturated rings. The van der Waals surface area contributed by atoms with Crippen LogP contribution in [-0.4, -0.2) is 45.8 Å². The minimum atomic E-state index is -0.440. The average Bonchev–Trinajstić information content (AvgIpc) is 3.26. The molecule has 4 rings (SSSR count). The number of carbonyl (C=O) groups excluding carboxylic acids is 3. The molecule has 0 saturated carbocycles. The van der Waals surface area contributed by atoms with E-state index in [9.17, 15) is 14.4 Å². The second kappa shape index (κ2) is 7.51. The number of aromatic amines is 1. The predicted molar refractivity (Wildman–Crippen MR) is 103 cm³/mol. The molecule has 0 aliphatic carbocycles. The fourth-order valence-electron chi connectivity index (χ4n) is 3.18. The lowest BCUT2D eigenvalue weighted by atomic mass is 10.1. The van der Waals surface area contributed by atoms with E-state index in [-0.39, 0.29) is 24.9 Å². The number of aromatic nitrogens is 2. The van der Waals surface area contributed by atoms with Crippen molar-refractivity contribution in [2.75, 3.05) is 13.1 Å². The summed E-state index contributed by atoms with van der Waals surface area (Å²) in [7, 11) is 0.